The second-order valence-electron chi connectivity index (χ2n) is 7.98. The van der Waals surface area contributed by atoms with Gasteiger partial charge < -0.3 is 24.3 Å². The number of carbonyl (C=O) groups excluding carboxylic acids is 1. The maximum atomic E-state index is 12.6. The van der Waals surface area contributed by atoms with Crippen LogP contribution in [0.2, 0.25) is 10.0 Å². The topological polar surface area (TPSA) is 83.8 Å². The number of aromatic nitrogens is 2. The molecule has 4 aromatic rings. The number of carbonyl (C=O) groups is 1. The van der Waals surface area contributed by atoms with Crippen LogP contribution in [0.4, 0.5) is 5.69 Å². The Hall–Kier alpha value is -3.88. The van der Waals surface area contributed by atoms with Crippen molar-refractivity contribution >= 4 is 34.8 Å². The summed E-state index contributed by atoms with van der Waals surface area (Å²) in [5.41, 5.74) is 1.80. The highest BCUT2D eigenvalue weighted by atomic mass is 35.5. The van der Waals surface area contributed by atoms with E-state index in [0.29, 0.717) is 58.6 Å². The Labute approximate surface area is 231 Å². The highest BCUT2D eigenvalue weighted by Gasteiger charge is 2.12. The molecule has 198 valence electrons. The molecule has 0 saturated heterocycles. The number of benzene rings is 3. The van der Waals surface area contributed by atoms with Crippen LogP contribution in [-0.2, 0) is 13.3 Å². The standard InChI is InChI=1S/C28H27Cl2N3O5/c1-3-35-24-13-8-19(16-26(24)36-4-2)17-37-21-11-9-20(10-12-21)31-28(34)23-14-15-33(32-23)18-38-25-7-5-6-22(29)27(25)30/h5-16H,3-4,17-18H2,1-2H3,(H,31,34). The lowest BCUT2D eigenvalue weighted by atomic mass is 10.2. The molecule has 4 rings (SSSR count). The number of anilines is 1. The first-order valence-corrected chi connectivity index (χ1v) is 12.8. The first-order valence-electron chi connectivity index (χ1n) is 12.0. The van der Waals surface area contributed by atoms with Gasteiger partial charge in [0.25, 0.3) is 5.91 Å². The third-order valence-electron chi connectivity index (χ3n) is 5.27. The van der Waals surface area contributed by atoms with Gasteiger partial charge in [-0.2, -0.15) is 5.10 Å². The summed E-state index contributed by atoms with van der Waals surface area (Å²) < 4.78 is 24.3. The molecule has 1 N–H and O–H groups in total. The molecule has 8 nitrogen and oxygen atoms in total. The van der Waals surface area contributed by atoms with Crippen LogP contribution in [0.15, 0.2) is 72.9 Å². The van der Waals surface area contributed by atoms with Gasteiger partial charge in [0.1, 0.15) is 23.1 Å². The number of nitrogens with one attached hydrogen (secondary N) is 1. The van der Waals surface area contributed by atoms with Gasteiger partial charge in [0.15, 0.2) is 23.9 Å². The predicted molar refractivity (Wildman–Crippen MR) is 147 cm³/mol. The van der Waals surface area contributed by atoms with Crippen molar-refractivity contribution < 1.29 is 23.7 Å². The fourth-order valence-electron chi connectivity index (χ4n) is 3.47. The van der Waals surface area contributed by atoms with Crippen LogP contribution in [0.3, 0.4) is 0 Å². The van der Waals surface area contributed by atoms with Crippen LogP contribution >= 0.6 is 23.2 Å². The summed E-state index contributed by atoms with van der Waals surface area (Å²) in [4.78, 5) is 12.6. The molecule has 0 aliphatic carbocycles. The van der Waals surface area contributed by atoms with Crippen molar-refractivity contribution in [3.63, 3.8) is 0 Å². The van der Waals surface area contributed by atoms with Crippen molar-refractivity contribution in [2.24, 2.45) is 0 Å². The van der Waals surface area contributed by atoms with E-state index in [1.807, 2.05) is 32.0 Å². The SMILES string of the molecule is CCOc1ccc(COc2ccc(NC(=O)c3ccn(COc4cccc(Cl)c4Cl)n3)cc2)cc1OCC. The number of halogens is 2. The van der Waals surface area contributed by atoms with Gasteiger partial charge in [0.2, 0.25) is 0 Å². The molecule has 10 heteroatoms. The zero-order valence-corrected chi connectivity index (χ0v) is 22.5. The minimum atomic E-state index is -0.351. The Kier molecular flexibility index (Phi) is 9.35. The highest BCUT2D eigenvalue weighted by Crippen LogP contribution is 2.32. The van der Waals surface area contributed by atoms with Crippen LogP contribution < -0.4 is 24.3 Å². The maximum Gasteiger partial charge on any atom is 0.276 e. The van der Waals surface area contributed by atoms with E-state index < -0.39 is 0 Å². The molecule has 0 saturated carbocycles. The maximum absolute atomic E-state index is 12.6. The van der Waals surface area contributed by atoms with Crippen molar-refractivity contribution in [3.8, 4) is 23.0 Å². The summed E-state index contributed by atoms with van der Waals surface area (Å²) in [7, 11) is 0. The van der Waals surface area contributed by atoms with Gasteiger partial charge in [-0.1, -0.05) is 35.3 Å². The van der Waals surface area contributed by atoms with Crippen molar-refractivity contribution in [2.45, 2.75) is 27.2 Å². The number of nitrogens with zero attached hydrogens (tertiary/aromatic N) is 2. The lowest BCUT2D eigenvalue weighted by molar-refractivity contribution is 0.102. The molecule has 1 aromatic heterocycles. The van der Waals surface area contributed by atoms with Gasteiger partial charge in [-0.3, -0.25) is 4.79 Å². The van der Waals surface area contributed by atoms with Crippen molar-refractivity contribution in [1.82, 2.24) is 9.78 Å². The summed E-state index contributed by atoms with van der Waals surface area (Å²) in [6, 6.07) is 19.5. The van der Waals surface area contributed by atoms with Gasteiger partial charge in [-0.25, -0.2) is 4.68 Å². The minimum absolute atomic E-state index is 0.0692. The molecule has 1 amide bonds. The van der Waals surface area contributed by atoms with Crippen LogP contribution in [0, 0.1) is 0 Å². The largest absolute Gasteiger partial charge is 0.490 e. The summed E-state index contributed by atoms with van der Waals surface area (Å²) in [5.74, 6) is 2.14. The third kappa shape index (κ3) is 7.12. The van der Waals surface area contributed by atoms with Gasteiger partial charge >= 0.3 is 0 Å². The normalized spacial score (nSPS) is 10.6. The smallest absolute Gasteiger partial charge is 0.276 e. The van der Waals surface area contributed by atoms with Gasteiger partial charge in [0.05, 0.1) is 18.2 Å². The zero-order chi connectivity index (χ0) is 26.9. The number of hydrogen-bond acceptors (Lipinski definition) is 6. The molecule has 3 aromatic carbocycles. The summed E-state index contributed by atoms with van der Waals surface area (Å²) in [6.45, 7) is 5.40. The second-order valence-corrected chi connectivity index (χ2v) is 8.77. The Bertz CT molecular complexity index is 1380. The van der Waals surface area contributed by atoms with E-state index in [1.165, 1.54) is 4.68 Å². The van der Waals surface area contributed by atoms with Crippen molar-refractivity contribution in [2.75, 3.05) is 18.5 Å². The fraction of sp³-hybridized carbons (Fsp3) is 0.214. The fourth-order valence-corrected chi connectivity index (χ4v) is 3.81. The van der Waals surface area contributed by atoms with E-state index in [0.717, 1.165) is 5.56 Å². The minimum Gasteiger partial charge on any atom is -0.490 e. The van der Waals surface area contributed by atoms with Gasteiger partial charge in [0, 0.05) is 11.9 Å². The molecule has 0 bridgehead atoms. The Balaban J connectivity index is 1.29. The van der Waals surface area contributed by atoms with E-state index in [-0.39, 0.29) is 18.3 Å². The van der Waals surface area contributed by atoms with Crippen LogP contribution in [0.5, 0.6) is 23.0 Å². The third-order valence-corrected chi connectivity index (χ3v) is 6.07. The Morgan fingerprint density at radius 2 is 1.63 bits per heavy atom. The Morgan fingerprint density at radius 3 is 2.39 bits per heavy atom. The van der Waals surface area contributed by atoms with Gasteiger partial charge in [-0.15, -0.1) is 0 Å². The van der Waals surface area contributed by atoms with E-state index in [1.54, 1.807) is 54.7 Å². The van der Waals surface area contributed by atoms with Crippen LogP contribution in [0.1, 0.15) is 29.9 Å². The summed E-state index contributed by atoms with van der Waals surface area (Å²) >= 11 is 12.1. The van der Waals surface area contributed by atoms with Crippen LogP contribution in [-0.4, -0.2) is 28.9 Å². The van der Waals surface area contributed by atoms with E-state index >= 15 is 0 Å². The average Bonchev–Trinajstić information content (AvgIpc) is 3.40. The number of ether oxygens (including phenoxy) is 4. The van der Waals surface area contributed by atoms with E-state index in [2.05, 4.69) is 10.4 Å². The number of amides is 1. The zero-order valence-electron chi connectivity index (χ0n) is 20.9. The highest BCUT2D eigenvalue weighted by molar-refractivity contribution is 6.42. The van der Waals surface area contributed by atoms with E-state index in [9.17, 15) is 4.79 Å². The monoisotopic (exact) mass is 555 g/mol. The quantitative estimate of drug-likeness (QED) is 0.205. The Morgan fingerprint density at radius 1 is 0.868 bits per heavy atom. The molecule has 0 unspecified atom stereocenters. The molecular weight excluding hydrogens is 529 g/mol. The number of hydrogen-bond donors (Lipinski definition) is 1. The summed E-state index contributed by atoms with van der Waals surface area (Å²) in [5, 5.41) is 7.79. The average molecular weight is 556 g/mol. The van der Waals surface area contributed by atoms with Gasteiger partial charge in [-0.05, 0) is 74.0 Å². The van der Waals surface area contributed by atoms with Crippen molar-refractivity contribution in [3.05, 3.63) is 94.2 Å². The molecule has 0 spiro atoms. The lowest BCUT2D eigenvalue weighted by Gasteiger charge is -2.13. The molecule has 0 atom stereocenters. The molecule has 0 aliphatic heterocycles. The summed E-state index contributed by atoms with van der Waals surface area (Å²) in [6.07, 6.45) is 1.64. The van der Waals surface area contributed by atoms with E-state index in [4.69, 9.17) is 42.1 Å². The first-order chi connectivity index (χ1) is 18.5. The predicted octanol–water partition coefficient (Wildman–Crippen LogP) is 6.86. The molecule has 0 radical (unpaired) electrons. The lowest BCUT2D eigenvalue weighted by Crippen LogP contribution is -2.14. The first kappa shape index (κ1) is 27.2. The molecule has 38 heavy (non-hydrogen) atoms. The molecule has 0 aliphatic rings. The van der Waals surface area contributed by atoms with Crippen molar-refractivity contribution in [1.29, 1.82) is 0 Å². The molecule has 1 heterocycles. The molecule has 0 fully saturated rings. The second kappa shape index (κ2) is 13.1. The van der Waals surface area contributed by atoms with Crippen LogP contribution in [0.25, 0.3) is 0 Å². The number of rotatable bonds is 12. The molecular formula is C28H27Cl2N3O5.